The minimum atomic E-state index is -1.62. The number of ether oxygens (including phenoxy) is 7. The van der Waals surface area contributed by atoms with Gasteiger partial charge in [0.05, 0.1) is 81.1 Å². The fourth-order valence-electron chi connectivity index (χ4n) is 15.1. The van der Waals surface area contributed by atoms with Gasteiger partial charge in [0.1, 0.15) is 83.6 Å². The molecule has 0 aliphatic carbocycles. The summed E-state index contributed by atoms with van der Waals surface area (Å²) >= 11 is 9.31. The number of nitrogens with zero attached hydrogens (tertiary/aromatic N) is 12. The van der Waals surface area contributed by atoms with Gasteiger partial charge in [-0.15, -0.1) is 60.4 Å². The van der Waals surface area contributed by atoms with E-state index in [2.05, 4.69) is 147 Å². The molecular weight excluding hydrogens is 1740 g/mol. The molecule has 0 bridgehead atoms. The number of aromatic nitrogens is 12. The first-order valence-corrected chi connectivity index (χ1v) is 41.3. The summed E-state index contributed by atoms with van der Waals surface area (Å²) in [6, 6.07) is 44.4. The highest BCUT2D eigenvalue weighted by Crippen LogP contribution is 2.50. The van der Waals surface area contributed by atoms with E-state index in [0.717, 1.165) is 52.9 Å². The van der Waals surface area contributed by atoms with E-state index in [4.69, 9.17) is 70.3 Å². The van der Waals surface area contributed by atoms with E-state index in [1.807, 2.05) is 123 Å². The second-order valence-corrected chi connectivity index (χ2v) is 34.2. The molecule has 4 aliphatic rings. The minimum absolute atomic E-state index is 0.00782. The van der Waals surface area contributed by atoms with Gasteiger partial charge in [0.2, 0.25) is 5.79 Å². The van der Waals surface area contributed by atoms with Crippen molar-refractivity contribution < 1.29 is 82.4 Å². The van der Waals surface area contributed by atoms with Crippen LogP contribution in [0.4, 0.5) is 36.7 Å². The molecule has 30 nitrogen and oxygen atoms in total. The third-order valence-electron chi connectivity index (χ3n) is 20.7. The van der Waals surface area contributed by atoms with Gasteiger partial charge in [-0.05, 0) is 97.7 Å². The molecule has 8 aromatic heterocycles. The lowest BCUT2D eigenvalue weighted by molar-refractivity contribution is -0.251. The normalized spacial score (nSPS) is 25.7. The van der Waals surface area contributed by atoms with Crippen molar-refractivity contribution in [2.24, 2.45) is 17.8 Å². The van der Waals surface area contributed by atoms with Gasteiger partial charge in [0.15, 0.2) is 40.1 Å². The fraction of sp³-hybridized carbons (Fsp3) is 0.432. The lowest BCUT2D eigenvalue weighted by Gasteiger charge is -2.33. The molecule has 0 unspecified atom stereocenters. The first-order valence-electron chi connectivity index (χ1n) is 38.5. The first kappa shape index (κ1) is 97.7. The highest BCUT2D eigenvalue weighted by Gasteiger charge is 2.59. The summed E-state index contributed by atoms with van der Waals surface area (Å²) in [4.78, 5) is 16.0. The van der Waals surface area contributed by atoms with Crippen LogP contribution in [0.3, 0.4) is 0 Å². The van der Waals surface area contributed by atoms with Crippen LogP contribution in [-0.2, 0) is 75.6 Å². The molecule has 0 amide bonds. The molecule has 4 saturated heterocycles. The smallest absolute Gasteiger partial charge is 0.369 e. The highest BCUT2D eigenvalue weighted by atomic mass is 79.9. The Morgan fingerprint density at radius 2 is 0.798 bits per heavy atom. The van der Waals surface area contributed by atoms with Crippen LogP contribution in [0, 0.1) is 17.8 Å². The largest absolute Gasteiger partial charge is 0.397 e. The quantitative estimate of drug-likeness (QED) is 0.0235. The van der Waals surface area contributed by atoms with Crippen molar-refractivity contribution in [1.82, 2.24) is 58.4 Å². The Hall–Kier alpha value is -8.38. The van der Waals surface area contributed by atoms with E-state index < -0.39 is 60.2 Å². The van der Waals surface area contributed by atoms with E-state index in [1.165, 1.54) is 29.8 Å². The second-order valence-electron chi connectivity index (χ2n) is 27.8. The molecule has 3 aromatic carbocycles. The molecule has 643 valence electrons. The summed E-state index contributed by atoms with van der Waals surface area (Å²) in [5.41, 5.74) is 28.4. The molecule has 12 heterocycles. The topological polar surface area (TPSA) is 431 Å². The number of hydrogen-bond acceptors (Lipinski definition) is 26. The van der Waals surface area contributed by atoms with Crippen LogP contribution in [0.5, 0.6) is 0 Å². The molecule has 11 aromatic rings. The van der Waals surface area contributed by atoms with Gasteiger partial charge in [0.25, 0.3) is 0 Å². The molecule has 1 radical (unpaired) electrons. The average molecular weight is 1850 g/mol. The molecule has 38 heteroatoms. The Labute approximate surface area is 715 Å². The molecule has 0 saturated carbocycles. The summed E-state index contributed by atoms with van der Waals surface area (Å²) in [5.74, 6) is 0.0722. The number of nitrogens with two attached hydrogens (primary N) is 4. The summed E-state index contributed by atoms with van der Waals surface area (Å²) in [6.45, 7) is 26.4. The van der Waals surface area contributed by atoms with E-state index in [0.29, 0.717) is 79.1 Å². The summed E-state index contributed by atoms with van der Waals surface area (Å²) in [6.07, 6.45) is 5.40. The van der Waals surface area contributed by atoms with E-state index in [-0.39, 0.29) is 70.5 Å². The van der Waals surface area contributed by atoms with Crippen LogP contribution in [0.1, 0.15) is 114 Å². The lowest BCUT2D eigenvalue weighted by Crippen LogP contribution is -2.44. The van der Waals surface area contributed by atoms with Crippen molar-refractivity contribution >= 4 is 103 Å². The molecule has 15 N–H and O–H groups in total. The van der Waals surface area contributed by atoms with Gasteiger partial charge in [-0.2, -0.15) is 20.4 Å². The van der Waals surface area contributed by atoms with Crippen LogP contribution < -0.4 is 22.9 Å². The SMILES string of the molecule is BrB(Br)Br.C=C.C=C[C@@]1(c2ccc3c(N)ncnn23)O[C@H](CC)[C@@H](C)[C@H]1OCc1ccccc1.CCO.CC[B]F.CC[C@H]1O[C@@](CO)(c2ccc3c(N)ncnn23)[C@H](OCc2ccccc2)[C@@H]1C.CC[C@H]1O[C@@](O)(c2ccc3c(N)ncnn23)[C@H](OCc2ccccc2)[C@@H]1C.FF.Nc1ncnn2c([C@]3(CO)O[C@H](CO)[C@@H](O)[C@H]3O)ccc12. The number of aliphatic hydroxyl groups excluding tert-OH is 6. The van der Waals surface area contributed by atoms with Crippen molar-refractivity contribution in [3.8, 4) is 0 Å². The molecule has 15 rings (SSSR count). The summed E-state index contributed by atoms with van der Waals surface area (Å²) in [7, 11) is 0.625. The van der Waals surface area contributed by atoms with Gasteiger partial charge in [-0.1, -0.05) is 152 Å². The Morgan fingerprint density at radius 3 is 1.16 bits per heavy atom. The van der Waals surface area contributed by atoms with Crippen LogP contribution in [0.25, 0.3) is 22.1 Å². The molecule has 119 heavy (non-hydrogen) atoms. The Balaban J connectivity index is 0.000000208. The van der Waals surface area contributed by atoms with Crippen molar-refractivity contribution in [3.63, 3.8) is 0 Å². The number of anilines is 4. The Bertz CT molecular complexity index is 4860. The first-order chi connectivity index (χ1) is 57.4. The number of fused-ring (bicyclic) bond motifs is 4. The van der Waals surface area contributed by atoms with Crippen molar-refractivity contribution in [2.45, 2.75) is 178 Å². The van der Waals surface area contributed by atoms with Crippen molar-refractivity contribution in [1.29, 1.82) is 0 Å². The highest BCUT2D eigenvalue weighted by molar-refractivity contribution is 9.69. The van der Waals surface area contributed by atoms with E-state index in [1.54, 1.807) is 51.7 Å². The molecule has 16 atom stereocenters. The second kappa shape index (κ2) is 46.6. The fourth-order valence-corrected chi connectivity index (χ4v) is 15.1. The monoisotopic (exact) mass is 1840 g/mol. The maximum absolute atomic E-state index is 11.6. The van der Waals surface area contributed by atoms with Crippen LogP contribution in [0.15, 0.2) is 191 Å². The third-order valence-corrected chi connectivity index (χ3v) is 20.7. The van der Waals surface area contributed by atoms with Gasteiger partial charge in [-0.3, -0.25) is 0 Å². The van der Waals surface area contributed by atoms with E-state index in [9.17, 15) is 35.0 Å². The predicted octanol–water partition coefficient (Wildman–Crippen LogP) is 11.2. The molecule has 4 fully saturated rings. The van der Waals surface area contributed by atoms with Crippen LogP contribution >= 0.6 is 47.3 Å². The number of halogens is 6. The number of rotatable bonds is 21. The van der Waals surface area contributed by atoms with Gasteiger partial charge in [-0.25, -0.2) is 38.0 Å². The molecule has 0 spiro atoms. The van der Waals surface area contributed by atoms with Crippen molar-refractivity contribution in [3.05, 3.63) is 230 Å². The van der Waals surface area contributed by atoms with Crippen molar-refractivity contribution in [2.75, 3.05) is 49.4 Å². The zero-order valence-corrected chi connectivity index (χ0v) is 72.3. The van der Waals surface area contributed by atoms with E-state index >= 15 is 0 Å². The van der Waals surface area contributed by atoms with Gasteiger partial charge >= 0.3 is 10.7 Å². The number of aliphatic hydroxyl groups is 7. The summed E-state index contributed by atoms with van der Waals surface area (Å²) < 4.78 is 77.0. The Morgan fingerprint density at radius 1 is 0.487 bits per heavy atom. The average Bonchev–Trinajstić information content (AvgIpc) is 1.64. The number of hydrogen-bond donors (Lipinski definition) is 11. The molecule has 4 aliphatic heterocycles. The van der Waals surface area contributed by atoms with Gasteiger partial charge in [0, 0.05) is 33.5 Å². The standard InChI is InChI=1S/C22H26N4O2.C21H26N4O3.C20H24N4O3.C12H16N4O5.C2H5BF.C2H6O.C2H4.BBr3.F2/c1-4-18-15(3)20(27-13-16-9-7-6-8-10-16)22(5-2,28-18)19-12-11-17-21(23)24-14-25-26(17)19;1-3-17-14(2)19(27-11-15-7-5-4-6-8-15)21(12-26,28-17)18-10-9-16-20(22)23-13-24-25(16)18;1-3-16-13(2)18(26-11-14-7-5-4-6-8-14)20(25,27-16)17-10-9-15-19(21)22-12-23-24(15)17;13-11-6-1-2-8(16(6)15-5-14-11)12(4-18)10(20)9(19)7(3-17)21-12;1-2-3-4;1-2-3;1-2;2-1(3)4;1-2/h5-12,14-15,18,20H,2,4,13H2,1,3H3,(H2,23,24,25);4-10,13-14,17,19,26H,3,11-12H2,1-2H3,(H2,22,23,24);4-10,12-13,16,18,25H,3,11H2,1-2H3,(H2,21,22,23);1-2,5,7,9-10,17-20H,3-4H2,(H2,13,14,15);2H2,1H3;3H,2H2,1H3;1-2H2;;/t15-,18-,20-,22+;14-,17-,19-,21+;13-,16-,18-,20+;7-,9-,10-,12+;;;;;/m1111...../s1. The number of benzene rings is 3. The zero-order chi connectivity index (χ0) is 87.4. The zero-order valence-electron chi connectivity index (χ0n) is 67.6. The minimum Gasteiger partial charge on any atom is -0.397 e. The number of nitrogen functional groups attached to an aromatic ring is 4. The lowest BCUT2D eigenvalue weighted by atomic mass is 9.86. The van der Waals surface area contributed by atoms with Crippen LogP contribution in [-0.4, -0.2) is 186 Å². The summed E-state index contributed by atoms with van der Waals surface area (Å²) in [5, 5.41) is 85.9. The predicted molar refractivity (Wildman–Crippen MR) is 461 cm³/mol. The Kier molecular flexibility index (Phi) is 38.3. The maximum atomic E-state index is 11.6. The third kappa shape index (κ3) is 21.9. The van der Waals surface area contributed by atoms with Gasteiger partial charge < -0.3 is 96.2 Å². The van der Waals surface area contributed by atoms with Crippen LogP contribution in [0.2, 0.25) is 6.32 Å². The maximum Gasteiger partial charge on any atom is 0.369 e. The molecular formula is C81H107B2Br3F3N16O14.